The predicted molar refractivity (Wildman–Crippen MR) is 191 cm³/mol. The van der Waals surface area contributed by atoms with Gasteiger partial charge in [0.25, 0.3) is 5.91 Å². The number of sulfonamides is 1. The van der Waals surface area contributed by atoms with E-state index in [9.17, 15) is 22.8 Å². The van der Waals surface area contributed by atoms with Crippen LogP contribution in [-0.4, -0.2) is 66.2 Å². The number of carbonyl (C=O) groups is 3. The summed E-state index contributed by atoms with van der Waals surface area (Å²) < 4.78 is 39.0. The summed E-state index contributed by atoms with van der Waals surface area (Å²) in [6.45, 7) is 5.81. The summed E-state index contributed by atoms with van der Waals surface area (Å²) in [5.74, 6) is -0.546. The highest BCUT2D eigenvalue weighted by Gasteiger charge is 2.62. The molecule has 0 radical (unpaired) electrons. The Balaban J connectivity index is 1.24. The molecule has 6 rings (SSSR count). The molecule has 1 aromatic carbocycles. The number of allylic oxidation sites excluding steroid dienone is 1. The fourth-order valence-electron chi connectivity index (χ4n) is 6.08. The van der Waals surface area contributed by atoms with Crippen molar-refractivity contribution < 1.29 is 32.3 Å². The normalized spacial score (nSPS) is 23.7. The minimum atomic E-state index is -3.92. The van der Waals surface area contributed by atoms with E-state index >= 15 is 0 Å². The molecule has 14 heteroatoms. The van der Waals surface area contributed by atoms with Crippen molar-refractivity contribution in [2.75, 3.05) is 13.7 Å². The Hall–Kier alpha value is -4.04. The lowest BCUT2D eigenvalue weighted by molar-refractivity contribution is -0.132. The van der Waals surface area contributed by atoms with Crippen molar-refractivity contribution >= 4 is 50.0 Å². The summed E-state index contributed by atoms with van der Waals surface area (Å²) in [7, 11) is -2.34. The molecule has 2 fully saturated rings. The number of fused-ring (bicyclic) bond motifs is 2. The maximum absolute atomic E-state index is 13.9. The molecule has 3 aromatic rings. The molecule has 2 aliphatic carbocycles. The second-order valence-electron chi connectivity index (χ2n) is 14.1. The van der Waals surface area contributed by atoms with E-state index in [1.165, 1.54) is 11.3 Å². The van der Waals surface area contributed by atoms with Crippen LogP contribution in [0.25, 0.3) is 21.6 Å². The summed E-state index contributed by atoms with van der Waals surface area (Å²) in [5, 5.41) is 9.20. The van der Waals surface area contributed by atoms with E-state index in [1.54, 1.807) is 14.0 Å². The van der Waals surface area contributed by atoms with Gasteiger partial charge < -0.3 is 20.1 Å². The van der Waals surface area contributed by atoms with E-state index in [2.05, 4.69) is 29.2 Å². The first kappa shape index (κ1) is 35.8. The Morgan fingerprint density at radius 1 is 1.14 bits per heavy atom. The number of amides is 3. The molecule has 3 atom stereocenters. The zero-order chi connectivity index (χ0) is 35.7. The largest absolute Gasteiger partial charge is 0.497 e. The number of methoxy groups -OCH3 is 1. The van der Waals surface area contributed by atoms with Crippen molar-refractivity contribution in [1.82, 2.24) is 25.3 Å². The van der Waals surface area contributed by atoms with Crippen LogP contribution in [-0.2, 0) is 24.4 Å². The van der Waals surface area contributed by atoms with Gasteiger partial charge in [-0.2, -0.15) is 0 Å². The summed E-state index contributed by atoms with van der Waals surface area (Å²) >= 11 is 1.50. The van der Waals surface area contributed by atoms with Gasteiger partial charge in [-0.15, -0.1) is 11.3 Å². The molecule has 0 bridgehead atoms. The van der Waals surface area contributed by atoms with Gasteiger partial charge >= 0.3 is 0 Å². The molecular formula is C36H45N5O7S2. The fraction of sp³-hybridized carbons (Fsp3) is 0.528. The number of carbonyl (C=O) groups excluding carboxylic acids is 3. The number of hydrogen-bond acceptors (Lipinski definition) is 10. The Morgan fingerprint density at radius 2 is 1.94 bits per heavy atom. The average Bonchev–Trinajstić information content (AvgIpc) is 3.94. The zero-order valence-corrected chi connectivity index (χ0v) is 30.5. The van der Waals surface area contributed by atoms with E-state index in [0.717, 1.165) is 35.4 Å². The Morgan fingerprint density at radius 3 is 2.66 bits per heavy atom. The monoisotopic (exact) mass is 723 g/mol. The van der Waals surface area contributed by atoms with E-state index < -0.39 is 38.2 Å². The molecule has 12 nitrogen and oxygen atoms in total. The van der Waals surface area contributed by atoms with Gasteiger partial charge in [0.2, 0.25) is 21.8 Å². The molecule has 50 heavy (non-hydrogen) atoms. The van der Waals surface area contributed by atoms with Crippen LogP contribution in [0.4, 0.5) is 0 Å². The van der Waals surface area contributed by atoms with Crippen LogP contribution < -0.4 is 24.8 Å². The summed E-state index contributed by atoms with van der Waals surface area (Å²) in [5.41, 5.74) is 0.822. The molecule has 3 aliphatic rings. The number of aromatic nitrogens is 2. The number of thiazole rings is 1. The van der Waals surface area contributed by atoms with E-state index in [4.69, 9.17) is 19.4 Å². The van der Waals surface area contributed by atoms with Crippen LogP contribution >= 0.6 is 11.3 Å². The molecule has 3 amide bonds. The lowest BCUT2D eigenvalue weighted by atomic mass is 10.1. The molecule has 1 aliphatic heterocycles. The average molecular weight is 724 g/mol. The number of hydrogen-bond donors (Lipinski definition) is 3. The van der Waals surface area contributed by atoms with Crippen LogP contribution in [0.3, 0.4) is 0 Å². The van der Waals surface area contributed by atoms with Gasteiger partial charge in [-0.05, 0) is 63.5 Å². The minimum absolute atomic E-state index is 0.0489. The SMILES string of the molecule is COc1ccc2c(OCC[C@@H]3NC(=O)CCCCCC=C[C@@H]4C[C@@]4(C(=O)NS(=O)(=O)C4(C)CC4)NC3=O)cc(-c3nc(C(C)C)cs3)nc2c1. The van der Waals surface area contributed by atoms with Gasteiger partial charge in [-0.1, -0.05) is 32.4 Å². The first-order chi connectivity index (χ1) is 23.8. The van der Waals surface area contributed by atoms with Crippen LogP contribution in [0.2, 0.25) is 0 Å². The number of nitrogens with one attached hydrogen (secondary N) is 3. The smallest absolute Gasteiger partial charge is 0.259 e. The molecule has 3 N–H and O–H groups in total. The number of rotatable bonds is 10. The highest BCUT2D eigenvalue weighted by molar-refractivity contribution is 7.91. The molecular weight excluding hydrogens is 679 g/mol. The third-order valence-corrected chi connectivity index (χ3v) is 12.9. The lowest BCUT2D eigenvalue weighted by Gasteiger charge is -2.24. The molecule has 268 valence electrons. The van der Waals surface area contributed by atoms with E-state index in [1.807, 2.05) is 41.8 Å². The number of benzene rings is 1. The Kier molecular flexibility index (Phi) is 10.2. The van der Waals surface area contributed by atoms with Gasteiger partial charge in [0.1, 0.15) is 33.8 Å². The van der Waals surface area contributed by atoms with E-state index in [0.29, 0.717) is 42.0 Å². The summed E-state index contributed by atoms with van der Waals surface area (Å²) in [6.07, 6.45) is 8.57. The maximum atomic E-state index is 13.9. The van der Waals surface area contributed by atoms with Crippen LogP contribution in [0, 0.1) is 5.92 Å². The zero-order valence-electron chi connectivity index (χ0n) is 28.9. The molecule has 2 saturated carbocycles. The highest BCUT2D eigenvalue weighted by Crippen LogP contribution is 2.47. The van der Waals surface area contributed by atoms with Crippen LogP contribution in [0.5, 0.6) is 11.5 Å². The summed E-state index contributed by atoms with van der Waals surface area (Å²) in [6, 6.07) is 6.29. The molecule has 3 heterocycles. The first-order valence-corrected chi connectivity index (χ1v) is 19.6. The van der Waals surface area contributed by atoms with Gasteiger partial charge in [0, 0.05) is 41.7 Å². The standard InChI is InChI=1S/C36H45N5O7S2/c1-22(2)29-21-49-33(39-29)28-19-30(25-13-12-24(47-4)18-27(25)37-28)48-17-14-26-32(43)40-36(34(44)41-50(45,46)35(3)15-16-35)20-23(36)10-8-6-5-7-9-11-31(42)38-26/h8,10,12-13,18-19,21-23,26H,5-7,9,11,14-17,20H2,1-4H3,(H,38,42)(H,40,43)(H,41,44)/t23-,26+,36-/m1/s1. The minimum Gasteiger partial charge on any atom is -0.497 e. The Labute approximate surface area is 296 Å². The van der Waals surface area contributed by atoms with E-state index in [-0.39, 0.29) is 43.6 Å². The molecule has 0 saturated heterocycles. The fourth-order valence-corrected chi connectivity index (χ4v) is 8.33. The second-order valence-corrected chi connectivity index (χ2v) is 17.1. The highest BCUT2D eigenvalue weighted by atomic mass is 32.2. The number of ether oxygens (including phenoxy) is 2. The van der Waals surface area contributed by atoms with Crippen LogP contribution in [0.1, 0.15) is 90.2 Å². The molecule has 0 spiro atoms. The number of nitrogens with zero attached hydrogens (tertiary/aromatic N) is 2. The van der Waals surface area contributed by atoms with Crippen molar-refractivity contribution in [3.05, 3.63) is 47.5 Å². The molecule has 0 unspecified atom stereocenters. The molecule has 2 aromatic heterocycles. The third-order valence-electron chi connectivity index (χ3n) is 9.87. The van der Waals surface area contributed by atoms with Crippen molar-refractivity contribution in [2.45, 2.75) is 101 Å². The van der Waals surface area contributed by atoms with Gasteiger partial charge in [0.05, 0.1) is 29.7 Å². The topological polar surface area (TPSA) is 166 Å². The summed E-state index contributed by atoms with van der Waals surface area (Å²) in [4.78, 5) is 50.1. The van der Waals surface area contributed by atoms with Gasteiger partial charge in [0.15, 0.2) is 0 Å². The van der Waals surface area contributed by atoms with Gasteiger partial charge in [-0.3, -0.25) is 19.1 Å². The maximum Gasteiger partial charge on any atom is 0.259 e. The Bertz CT molecular complexity index is 1920. The quantitative estimate of drug-likeness (QED) is 0.240. The third kappa shape index (κ3) is 7.65. The van der Waals surface area contributed by atoms with Crippen molar-refractivity contribution in [3.63, 3.8) is 0 Å². The second kappa shape index (κ2) is 14.3. The van der Waals surface area contributed by atoms with Crippen molar-refractivity contribution in [2.24, 2.45) is 5.92 Å². The van der Waals surface area contributed by atoms with Crippen molar-refractivity contribution in [3.8, 4) is 22.2 Å². The van der Waals surface area contributed by atoms with Gasteiger partial charge in [-0.25, -0.2) is 18.4 Å². The predicted octanol–water partition coefficient (Wildman–Crippen LogP) is 5.14. The first-order valence-electron chi connectivity index (χ1n) is 17.3. The lowest BCUT2D eigenvalue weighted by Crippen LogP contribution is -2.57. The van der Waals surface area contributed by atoms with Crippen LogP contribution in [0.15, 0.2) is 41.8 Å². The van der Waals surface area contributed by atoms with Crippen molar-refractivity contribution in [1.29, 1.82) is 0 Å². The number of pyridine rings is 1.